The van der Waals surface area contributed by atoms with Crippen LogP contribution in [0.25, 0.3) is 0 Å². The van der Waals surface area contributed by atoms with Gasteiger partial charge in [0.1, 0.15) is 5.60 Å². The highest BCUT2D eigenvalue weighted by Gasteiger charge is 2.26. The van der Waals surface area contributed by atoms with Crippen LogP contribution in [0, 0.1) is 3.57 Å². The summed E-state index contributed by atoms with van der Waals surface area (Å²) in [5.41, 5.74) is 0.0136. The fourth-order valence-electron chi connectivity index (χ4n) is 1.48. The van der Waals surface area contributed by atoms with E-state index in [0.29, 0.717) is 5.56 Å². The predicted molar refractivity (Wildman–Crippen MR) is 83.3 cm³/mol. The summed E-state index contributed by atoms with van der Waals surface area (Å²) in [4.78, 5) is 23.6. The number of benzene rings is 1. The maximum Gasteiger partial charge on any atom is 0.408 e. The minimum atomic E-state index is -0.883. The molecule has 0 bridgehead atoms. The maximum absolute atomic E-state index is 11.8. The van der Waals surface area contributed by atoms with Crippen molar-refractivity contribution in [2.75, 3.05) is 7.11 Å². The van der Waals surface area contributed by atoms with Crippen LogP contribution in [0.5, 0.6) is 0 Å². The third-order valence-electron chi connectivity index (χ3n) is 2.30. The third kappa shape index (κ3) is 5.36. The van der Waals surface area contributed by atoms with Gasteiger partial charge in [-0.2, -0.15) is 0 Å². The molecule has 5 nitrogen and oxygen atoms in total. The first-order valence-electron chi connectivity index (χ1n) is 6.06. The monoisotopic (exact) mass is 391 g/mol. The smallest absolute Gasteiger partial charge is 0.408 e. The largest absolute Gasteiger partial charge is 0.467 e. The van der Waals surface area contributed by atoms with Crippen molar-refractivity contribution in [3.05, 3.63) is 33.4 Å². The van der Waals surface area contributed by atoms with Crippen LogP contribution in [0.4, 0.5) is 4.79 Å². The summed E-state index contributed by atoms with van der Waals surface area (Å²) >= 11 is 2.16. The number of carbonyl (C=O) groups excluding carboxylic acids is 2. The van der Waals surface area contributed by atoms with E-state index in [-0.39, 0.29) is 0 Å². The van der Waals surface area contributed by atoms with Gasteiger partial charge in [-0.05, 0) is 61.1 Å². The highest BCUT2D eigenvalue weighted by molar-refractivity contribution is 14.1. The van der Waals surface area contributed by atoms with E-state index in [0.717, 1.165) is 3.57 Å². The highest BCUT2D eigenvalue weighted by Crippen LogP contribution is 2.17. The molecule has 0 unspecified atom stereocenters. The van der Waals surface area contributed by atoms with Crippen LogP contribution in [0.1, 0.15) is 32.4 Å². The molecule has 1 amide bonds. The lowest BCUT2D eigenvalue weighted by molar-refractivity contribution is -0.143. The van der Waals surface area contributed by atoms with Gasteiger partial charge < -0.3 is 14.8 Å². The third-order valence-corrected chi connectivity index (χ3v) is 3.02. The zero-order chi connectivity index (χ0) is 15.3. The molecule has 0 aliphatic heterocycles. The lowest BCUT2D eigenvalue weighted by Gasteiger charge is -2.22. The van der Waals surface area contributed by atoms with Gasteiger partial charge in [0.05, 0.1) is 7.11 Å². The second-order valence-corrected chi connectivity index (χ2v) is 6.40. The Bertz CT molecular complexity index is 479. The van der Waals surface area contributed by atoms with E-state index in [2.05, 4.69) is 27.9 Å². The van der Waals surface area contributed by atoms with Gasteiger partial charge >= 0.3 is 12.1 Å². The normalized spacial score (nSPS) is 12.4. The van der Waals surface area contributed by atoms with Crippen LogP contribution in [-0.4, -0.2) is 24.8 Å². The average Bonchev–Trinajstić information content (AvgIpc) is 2.34. The fraction of sp³-hybridized carbons (Fsp3) is 0.429. The molecule has 0 aliphatic rings. The Morgan fingerprint density at radius 3 is 2.20 bits per heavy atom. The molecule has 0 spiro atoms. The number of esters is 1. The standard InChI is InChI=1S/C14H18INO4/c1-14(2,3)20-13(18)16-11(12(17)19-4)9-5-7-10(15)8-6-9/h5-8,11H,1-4H3,(H,16,18)/t11-/m0/s1. The van der Waals surface area contributed by atoms with E-state index >= 15 is 0 Å². The molecule has 0 aromatic heterocycles. The lowest BCUT2D eigenvalue weighted by atomic mass is 10.1. The van der Waals surface area contributed by atoms with E-state index in [4.69, 9.17) is 9.47 Å². The number of hydrogen-bond donors (Lipinski definition) is 1. The molecule has 0 heterocycles. The van der Waals surface area contributed by atoms with Crippen LogP contribution >= 0.6 is 22.6 Å². The Kier molecular flexibility index (Phi) is 5.79. The minimum absolute atomic E-state index is 0.544. The number of carbonyl (C=O) groups is 2. The Hall–Kier alpha value is -1.31. The number of alkyl carbamates (subject to hydrolysis) is 1. The molecule has 1 rings (SSSR count). The van der Waals surface area contributed by atoms with E-state index in [1.54, 1.807) is 32.9 Å². The first-order chi connectivity index (χ1) is 9.23. The second-order valence-electron chi connectivity index (χ2n) is 5.15. The first kappa shape index (κ1) is 16.7. The highest BCUT2D eigenvalue weighted by atomic mass is 127. The second kappa shape index (κ2) is 6.92. The Balaban J connectivity index is 2.88. The molecule has 110 valence electrons. The Morgan fingerprint density at radius 1 is 1.20 bits per heavy atom. The number of ether oxygens (including phenoxy) is 2. The number of methoxy groups -OCH3 is 1. The fourth-order valence-corrected chi connectivity index (χ4v) is 1.84. The number of amides is 1. The van der Waals surface area contributed by atoms with Crippen molar-refractivity contribution >= 4 is 34.7 Å². The van der Waals surface area contributed by atoms with Gasteiger partial charge in [-0.25, -0.2) is 9.59 Å². The molecular formula is C14H18INO4. The van der Waals surface area contributed by atoms with Gasteiger partial charge in [0.25, 0.3) is 0 Å². The van der Waals surface area contributed by atoms with Gasteiger partial charge in [0.15, 0.2) is 6.04 Å². The molecule has 0 aliphatic carbocycles. The summed E-state index contributed by atoms with van der Waals surface area (Å²) in [7, 11) is 1.28. The Morgan fingerprint density at radius 2 is 1.75 bits per heavy atom. The summed E-state index contributed by atoms with van der Waals surface area (Å²) in [6.07, 6.45) is -0.661. The molecule has 0 saturated heterocycles. The quantitative estimate of drug-likeness (QED) is 0.636. The average molecular weight is 391 g/mol. The zero-order valence-corrected chi connectivity index (χ0v) is 14.1. The van der Waals surface area contributed by atoms with Gasteiger partial charge in [0, 0.05) is 3.57 Å². The molecule has 20 heavy (non-hydrogen) atoms. The molecule has 0 radical (unpaired) electrons. The van der Waals surface area contributed by atoms with Gasteiger partial charge in [-0.1, -0.05) is 12.1 Å². The summed E-state index contributed by atoms with van der Waals surface area (Å²) in [5.74, 6) is -0.544. The van der Waals surface area contributed by atoms with Crippen molar-refractivity contribution in [2.45, 2.75) is 32.4 Å². The van der Waals surface area contributed by atoms with E-state index < -0.39 is 23.7 Å². The molecule has 1 aromatic carbocycles. The van der Waals surface area contributed by atoms with Crippen LogP contribution in [0.3, 0.4) is 0 Å². The summed E-state index contributed by atoms with van der Waals surface area (Å²) in [6.45, 7) is 5.26. The molecule has 6 heteroatoms. The first-order valence-corrected chi connectivity index (χ1v) is 7.13. The molecule has 1 N–H and O–H groups in total. The summed E-state index contributed by atoms with van der Waals surface area (Å²) in [6, 6.07) is 6.35. The van der Waals surface area contributed by atoms with Crippen LogP contribution in [0.15, 0.2) is 24.3 Å². The van der Waals surface area contributed by atoms with Crippen LogP contribution in [0.2, 0.25) is 0 Å². The summed E-state index contributed by atoms with van der Waals surface area (Å²) in [5, 5.41) is 2.52. The van der Waals surface area contributed by atoms with E-state index in [9.17, 15) is 9.59 Å². The van der Waals surface area contributed by atoms with Gasteiger partial charge in [0.2, 0.25) is 0 Å². The predicted octanol–water partition coefficient (Wildman–Crippen LogP) is 3.03. The summed E-state index contributed by atoms with van der Waals surface area (Å²) < 4.78 is 10.9. The number of rotatable bonds is 3. The lowest BCUT2D eigenvalue weighted by Crippen LogP contribution is -2.38. The topological polar surface area (TPSA) is 64.6 Å². The molecule has 1 aromatic rings. The van der Waals surface area contributed by atoms with Crippen LogP contribution in [-0.2, 0) is 14.3 Å². The van der Waals surface area contributed by atoms with Crippen molar-refractivity contribution in [3.8, 4) is 0 Å². The molecule has 0 saturated carbocycles. The van der Waals surface area contributed by atoms with Gasteiger partial charge in [-0.15, -0.1) is 0 Å². The number of nitrogens with one attached hydrogen (secondary N) is 1. The Labute approximate surface area is 132 Å². The molecular weight excluding hydrogens is 373 g/mol. The number of hydrogen-bond acceptors (Lipinski definition) is 4. The van der Waals surface area contributed by atoms with Crippen molar-refractivity contribution in [1.82, 2.24) is 5.32 Å². The van der Waals surface area contributed by atoms with Crippen molar-refractivity contribution < 1.29 is 19.1 Å². The molecule has 1 atom stereocenters. The SMILES string of the molecule is COC(=O)[C@@H](NC(=O)OC(C)(C)C)c1ccc(I)cc1. The number of halogens is 1. The van der Waals surface area contributed by atoms with Crippen molar-refractivity contribution in [1.29, 1.82) is 0 Å². The van der Waals surface area contributed by atoms with E-state index in [1.807, 2.05) is 12.1 Å². The van der Waals surface area contributed by atoms with Crippen LogP contribution < -0.4 is 5.32 Å². The van der Waals surface area contributed by atoms with Crippen molar-refractivity contribution in [3.63, 3.8) is 0 Å². The minimum Gasteiger partial charge on any atom is -0.467 e. The zero-order valence-electron chi connectivity index (χ0n) is 11.9. The van der Waals surface area contributed by atoms with Gasteiger partial charge in [-0.3, -0.25) is 0 Å². The van der Waals surface area contributed by atoms with E-state index in [1.165, 1.54) is 7.11 Å². The molecule has 0 fully saturated rings. The maximum atomic E-state index is 11.8. The van der Waals surface area contributed by atoms with Crippen molar-refractivity contribution in [2.24, 2.45) is 0 Å².